The molecule has 1 aliphatic heterocycles. The van der Waals surface area contributed by atoms with Crippen LogP contribution in [0.1, 0.15) is 39.0 Å². The number of rotatable bonds is 4. The van der Waals surface area contributed by atoms with Gasteiger partial charge in [0, 0.05) is 24.7 Å². The SMILES string of the molecule is CC1CCC(CN)(N2CCCC2CN(C)C)C1. The normalized spacial score (nSPS) is 39.4. The summed E-state index contributed by atoms with van der Waals surface area (Å²) in [6, 6.07) is 0.735. The monoisotopic (exact) mass is 239 g/mol. The molecule has 1 saturated heterocycles. The zero-order valence-corrected chi connectivity index (χ0v) is 11.8. The van der Waals surface area contributed by atoms with Gasteiger partial charge < -0.3 is 10.6 Å². The first kappa shape index (κ1) is 13.3. The van der Waals surface area contributed by atoms with Gasteiger partial charge in [0.2, 0.25) is 0 Å². The van der Waals surface area contributed by atoms with Crippen molar-refractivity contribution < 1.29 is 0 Å². The van der Waals surface area contributed by atoms with Gasteiger partial charge in [-0.2, -0.15) is 0 Å². The molecule has 0 aromatic carbocycles. The van der Waals surface area contributed by atoms with Gasteiger partial charge in [-0.15, -0.1) is 0 Å². The van der Waals surface area contributed by atoms with Gasteiger partial charge >= 0.3 is 0 Å². The summed E-state index contributed by atoms with van der Waals surface area (Å²) in [6.07, 6.45) is 6.70. The zero-order chi connectivity index (χ0) is 12.5. The van der Waals surface area contributed by atoms with Gasteiger partial charge in [-0.25, -0.2) is 0 Å². The van der Waals surface area contributed by atoms with E-state index in [-0.39, 0.29) is 0 Å². The molecule has 3 atom stereocenters. The highest BCUT2D eigenvalue weighted by Gasteiger charge is 2.45. The smallest absolute Gasteiger partial charge is 0.0337 e. The predicted molar refractivity (Wildman–Crippen MR) is 73.1 cm³/mol. The fraction of sp³-hybridized carbons (Fsp3) is 1.00. The van der Waals surface area contributed by atoms with Crippen LogP contribution in [-0.4, -0.2) is 55.1 Å². The van der Waals surface area contributed by atoms with Crippen LogP contribution in [0.2, 0.25) is 0 Å². The number of hydrogen-bond acceptors (Lipinski definition) is 3. The molecule has 17 heavy (non-hydrogen) atoms. The molecule has 0 aromatic rings. The van der Waals surface area contributed by atoms with Gasteiger partial charge in [-0.3, -0.25) is 4.90 Å². The first-order valence-electron chi connectivity index (χ1n) is 7.19. The van der Waals surface area contributed by atoms with Crippen LogP contribution < -0.4 is 5.73 Å². The Morgan fingerprint density at radius 3 is 2.65 bits per heavy atom. The second-order valence-electron chi connectivity index (χ2n) is 6.53. The van der Waals surface area contributed by atoms with Crippen molar-refractivity contribution >= 4 is 0 Å². The lowest BCUT2D eigenvalue weighted by atomic mass is 9.93. The highest BCUT2D eigenvalue weighted by molar-refractivity contribution is 5.02. The van der Waals surface area contributed by atoms with Crippen LogP contribution in [0.3, 0.4) is 0 Å². The van der Waals surface area contributed by atoms with Gasteiger partial charge in [-0.05, 0) is 58.7 Å². The molecule has 3 nitrogen and oxygen atoms in total. The van der Waals surface area contributed by atoms with Crippen LogP contribution in [0.4, 0.5) is 0 Å². The predicted octanol–water partition coefficient (Wildman–Crippen LogP) is 1.53. The van der Waals surface area contributed by atoms with Crippen molar-refractivity contribution in [3.63, 3.8) is 0 Å². The fourth-order valence-electron chi connectivity index (χ4n) is 4.00. The minimum atomic E-state index is 0.330. The Balaban J connectivity index is 2.08. The van der Waals surface area contributed by atoms with E-state index in [2.05, 4.69) is 30.8 Å². The van der Waals surface area contributed by atoms with Gasteiger partial charge in [0.05, 0.1) is 0 Å². The van der Waals surface area contributed by atoms with Crippen LogP contribution >= 0.6 is 0 Å². The van der Waals surface area contributed by atoms with E-state index in [9.17, 15) is 0 Å². The molecule has 0 spiro atoms. The molecule has 3 heteroatoms. The Hall–Kier alpha value is -0.120. The molecule has 100 valence electrons. The zero-order valence-electron chi connectivity index (χ0n) is 11.8. The third kappa shape index (κ3) is 2.67. The van der Waals surface area contributed by atoms with E-state index in [4.69, 9.17) is 5.73 Å². The molecule has 1 saturated carbocycles. The molecule has 2 aliphatic rings. The quantitative estimate of drug-likeness (QED) is 0.807. The van der Waals surface area contributed by atoms with E-state index < -0.39 is 0 Å². The molecule has 2 N–H and O–H groups in total. The third-order valence-electron chi connectivity index (χ3n) is 4.77. The molecule has 1 aliphatic carbocycles. The highest BCUT2D eigenvalue weighted by atomic mass is 15.3. The van der Waals surface area contributed by atoms with Crippen molar-refractivity contribution in [2.45, 2.75) is 50.6 Å². The number of nitrogens with zero attached hydrogens (tertiary/aromatic N) is 2. The van der Waals surface area contributed by atoms with E-state index in [1.807, 2.05) is 0 Å². The van der Waals surface area contributed by atoms with Crippen LogP contribution in [0.25, 0.3) is 0 Å². The number of likely N-dealkylation sites (N-methyl/N-ethyl adjacent to an activating group) is 1. The first-order valence-corrected chi connectivity index (χ1v) is 7.19. The van der Waals surface area contributed by atoms with E-state index in [1.54, 1.807) is 0 Å². The van der Waals surface area contributed by atoms with Crippen LogP contribution in [0, 0.1) is 5.92 Å². The fourth-order valence-corrected chi connectivity index (χ4v) is 4.00. The van der Waals surface area contributed by atoms with Crippen molar-refractivity contribution in [3.8, 4) is 0 Å². The molecular formula is C14H29N3. The Morgan fingerprint density at radius 2 is 2.12 bits per heavy atom. The Labute approximate surface area is 106 Å². The topological polar surface area (TPSA) is 32.5 Å². The van der Waals surface area contributed by atoms with E-state index in [1.165, 1.54) is 45.2 Å². The van der Waals surface area contributed by atoms with Crippen molar-refractivity contribution in [3.05, 3.63) is 0 Å². The molecule has 2 fully saturated rings. The van der Waals surface area contributed by atoms with Crippen LogP contribution in [0.5, 0.6) is 0 Å². The Bertz CT molecular complexity index is 254. The number of likely N-dealkylation sites (tertiary alicyclic amines) is 1. The Kier molecular flexibility index (Phi) is 4.11. The van der Waals surface area contributed by atoms with Crippen molar-refractivity contribution in [2.75, 3.05) is 33.7 Å². The van der Waals surface area contributed by atoms with Gasteiger partial charge in [0.1, 0.15) is 0 Å². The summed E-state index contributed by atoms with van der Waals surface area (Å²) in [6.45, 7) is 5.69. The lowest BCUT2D eigenvalue weighted by Crippen LogP contribution is -2.56. The lowest BCUT2D eigenvalue weighted by molar-refractivity contribution is 0.0695. The summed E-state index contributed by atoms with van der Waals surface area (Å²) in [5.74, 6) is 0.860. The summed E-state index contributed by atoms with van der Waals surface area (Å²) < 4.78 is 0. The second kappa shape index (κ2) is 5.25. The maximum Gasteiger partial charge on any atom is 0.0337 e. The standard InChI is InChI=1S/C14H29N3/c1-12-6-7-14(9-12,11-15)17-8-4-5-13(17)10-16(2)3/h12-13H,4-11,15H2,1-3H3. The molecular weight excluding hydrogens is 210 g/mol. The molecule has 0 radical (unpaired) electrons. The van der Waals surface area contributed by atoms with Gasteiger partial charge in [0.25, 0.3) is 0 Å². The average Bonchev–Trinajstić information content (AvgIpc) is 2.85. The minimum absolute atomic E-state index is 0.330. The lowest BCUT2D eigenvalue weighted by Gasteiger charge is -2.43. The van der Waals surface area contributed by atoms with Crippen molar-refractivity contribution in [1.82, 2.24) is 9.80 Å². The molecule has 1 heterocycles. The van der Waals surface area contributed by atoms with Gasteiger partial charge in [-0.1, -0.05) is 6.92 Å². The molecule has 0 amide bonds. The highest BCUT2D eigenvalue weighted by Crippen LogP contribution is 2.41. The summed E-state index contributed by atoms with van der Waals surface area (Å²) in [4.78, 5) is 5.09. The summed E-state index contributed by atoms with van der Waals surface area (Å²) in [7, 11) is 4.37. The van der Waals surface area contributed by atoms with Crippen molar-refractivity contribution in [1.29, 1.82) is 0 Å². The summed E-state index contributed by atoms with van der Waals surface area (Å²) >= 11 is 0. The molecule has 2 rings (SSSR count). The average molecular weight is 239 g/mol. The summed E-state index contributed by atoms with van der Waals surface area (Å²) in [5, 5.41) is 0. The van der Waals surface area contributed by atoms with E-state index in [0.29, 0.717) is 5.54 Å². The molecule has 0 bridgehead atoms. The molecule has 3 unspecified atom stereocenters. The minimum Gasteiger partial charge on any atom is -0.329 e. The van der Waals surface area contributed by atoms with Crippen LogP contribution in [0.15, 0.2) is 0 Å². The summed E-state index contributed by atoms with van der Waals surface area (Å²) in [5.41, 5.74) is 6.48. The number of nitrogens with two attached hydrogens (primary N) is 1. The first-order chi connectivity index (χ1) is 8.07. The third-order valence-corrected chi connectivity index (χ3v) is 4.77. The van der Waals surface area contributed by atoms with E-state index in [0.717, 1.165) is 18.5 Å². The number of hydrogen-bond donors (Lipinski definition) is 1. The van der Waals surface area contributed by atoms with Crippen LogP contribution in [-0.2, 0) is 0 Å². The largest absolute Gasteiger partial charge is 0.329 e. The van der Waals surface area contributed by atoms with Gasteiger partial charge in [0.15, 0.2) is 0 Å². The van der Waals surface area contributed by atoms with Crippen molar-refractivity contribution in [2.24, 2.45) is 11.7 Å². The second-order valence-corrected chi connectivity index (χ2v) is 6.53. The van der Waals surface area contributed by atoms with E-state index >= 15 is 0 Å². The maximum atomic E-state index is 6.15. The molecule has 0 aromatic heterocycles. The maximum absolute atomic E-state index is 6.15. The Morgan fingerprint density at radius 1 is 1.35 bits per heavy atom.